The highest BCUT2D eigenvalue weighted by atomic mass is 79.9. The molecule has 0 aliphatic rings. The van der Waals surface area contributed by atoms with Crippen molar-refractivity contribution in [2.24, 2.45) is 0 Å². The summed E-state index contributed by atoms with van der Waals surface area (Å²) in [6, 6.07) is 3.71. The zero-order chi connectivity index (χ0) is 9.14. The molecule has 0 bridgehead atoms. The van der Waals surface area contributed by atoms with E-state index in [0.717, 1.165) is 0 Å². The van der Waals surface area contributed by atoms with E-state index < -0.39 is 0 Å². The van der Waals surface area contributed by atoms with Crippen molar-refractivity contribution in [3.8, 4) is 11.8 Å². The van der Waals surface area contributed by atoms with E-state index in [0.29, 0.717) is 21.6 Å². The Bertz CT molecular complexity index is 344. The average Bonchev–Trinajstić information content (AvgIpc) is 2.03. The van der Waals surface area contributed by atoms with Crippen LogP contribution >= 0.6 is 15.9 Å². The molecule has 1 aromatic heterocycles. The van der Waals surface area contributed by atoms with Gasteiger partial charge >= 0.3 is 0 Å². The first-order valence-corrected chi connectivity index (χ1v) is 4.09. The molecule has 0 amide bonds. The lowest BCUT2D eigenvalue weighted by Crippen LogP contribution is -1.94. The number of aryl methyl sites for hydroxylation is 1. The first-order chi connectivity index (χ1) is 5.69. The Morgan fingerprint density at radius 2 is 2.33 bits per heavy atom. The topological polar surface area (TPSA) is 45.9 Å². The Balaban J connectivity index is 3.36. The number of halogens is 1. The Morgan fingerprint density at radius 3 is 2.83 bits per heavy atom. The normalized spacial score (nSPS) is 9.17. The lowest BCUT2D eigenvalue weighted by Gasteiger charge is -2.04. The molecule has 0 fully saturated rings. The lowest BCUT2D eigenvalue weighted by molar-refractivity contribution is 0.412. The van der Waals surface area contributed by atoms with E-state index in [2.05, 4.69) is 20.9 Å². The zero-order valence-electron chi connectivity index (χ0n) is 6.76. The van der Waals surface area contributed by atoms with Crippen LogP contribution in [0.3, 0.4) is 0 Å². The third-order valence-electron chi connectivity index (χ3n) is 1.46. The number of pyridine rings is 1. The average molecular weight is 227 g/mol. The van der Waals surface area contributed by atoms with Crippen molar-refractivity contribution in [3.05, 3.63) is 21.9 Å². The third kappa shape index (κ3) is 1.56. The number of nitriles is 1. The van der Waals surface area contributed by atoms with Gasteiger partial charge in [0.1, 0.15) is 22.0 Å². The zero-order valence-corrected chi connectivity index (χ0v) is 8.34. The summed E-state index contributed by atoms with van der Waals surface area (Å²) >= 11 is 3.22. The van der Waals surface area contributed by atoms with Gasteiger partial charge in [-0.05, 0) is 22.9 Å². The van der Waals surface area contributed by atoms with Crippen molar-refractivity contribution in [3.63, 3.8) is 0 Å². The van der Waals surface area contributed by atoms with Crippen LogP contribution in [0.15, 0.2) is 10.7 Å². The summed E-state index contributed by atoms with van der Waals surface area (Å²) in [6.07, 6.45) is 0. The van der Waals surface area contributed by atoms with Crippen molar-refractivity contribution in [1.29, 1.82) is 5.26 Å². The minimum Gasteiger partial charge on any atom is -0.495 e. The fourth-order valence-corrected chi connectivity index (χ4v) is 1.38. The van der Waals surface area contributed by atoms with Crippen LogP contribution in [0.5, 0.6) is 5.75 Å². The highest BCUT2D eigenvalue weighted by Crippen LogP contribution is 2.23. The summed E-state index contributed by atoms with van der Waals surface area (Å²) in [6.45, 7) is 1.77. The molecule has 0 unspecified atom stereocenters. The molecule has 0 saturated heterocycles. The van der Waals surface area contributed by atoms with E-state index in [-0.39, 0.29) is 0 Å². The van der Waals surface area contributed by atoms with Crippen LogP contribution < -0.4 is 4.74 Å². The summed E-state index contributed by atoms with van der Waals surface area (Å²) in [4.78, 5) is 4.07. The van der Waals surface area contributed by atoms with Gasteiger partial charge in [-0.2, -0.15) is 5.26 Å². The number of methoxy groups -OCH3 is 1. The molecule has 3 nitrogen and oxygen atoms in total. The van der Waals surface area contributed by atoms with Gasteiger partial charge in [0.05, 0.1) is 12.8 Å². The Kier molecular flexibility index (Phi) is 2.66. The molecule has 0 N–H and O–H groups in total. The van der Waals surface area contributed by atoms with Crippen LogP contribution in [-0.4, -0.2) is 12.1 Å². The lowest BCUT2D eigenvalue weighted by atomic mass is 10.2. The predicted molar refractivity (Wildman–Crippen MR) is 47.9 cm³/mol. The van der Waals surface area contributed by atoms with E-state index in [1.807, 2.05) is 6.07 Å². The molecular formula is C8H7BrN2O. The van der Waals surface area contributed by atoms with Gasteiger partial charge in [-0.25, -0.2) is 4.98 Å². The predicted octanol–water partition coefficient (Wildman–Crippen LogP) is 2.03. The third-order valence-corrected chi connectivity index (χ3v) is 1.87. The number of ether oxygens (including phenoxy) is 1. The van der Waals surface area contributed by atoms with Gasteiger partial charge in [0.15, 0.2) is 0 Å². The molecule has 0 spiro atoms. The van der Waals surface area contributed by atoms with Gasteiger partial charge in [0, 0.05) is 6.07 Å². The van der Waals surface area contributed by atoms with Gasteiger partial charge < -0.3 is 4.74 Å². The molecule has 1 aromatic rings. The van der Waals surface area contributed by atoms with Crippen molar-refractivity contribution in [2.45, 2.75) is 6.92 Å². The maximum atomic E-state index is 8.74. The maximum absolute atomic E-state index is 8.74. The number of rotatable bonds is 1. The number of nitrogens with zero attached hydrogens (tertiary/aromatic N) is 2. The summed E-state index contributed by atoms with van der Waals surface area (Å²) in [5, 5.41) is 8.74. The van der Waals surface area contributed by atoms with E-state index in [9.17, 15) is 0 Å². The molecule has 0 aliphatic carbocycles. The number of hydrogen-bond acceptors (Lipinski definition) is 3. The van der Waals surface area contributed by atoms with Gasteiger partial charge in [-0.3, -0.25) is 0 Å². The van der Waals surface area contributed by atoms with Crippen molar-refractivity contribution < 1.29 is 4.74 Å². The van der Waals surface area contributed by atoms with Crippen LogP contribution in [-0.2, 0) is 0 Å². The van der Waals surface area contributed by atoms with Crippen molar-refractivity contribution in [2.75, 3.05) is 7.11 Å². The smallest absolute Gasteiger partial charge is 0.141 e. The first-order valence-electron chi connectivity index (χ1n) is 3.30. The summed E-state index contributed by atoms with van der Waals surface area (Å²) in [7, 11) is 1.53. The highest BCUT2D eigenvalue weighted by molar-refractivity contribution is 9.10. The fraction of sp³-hybridized carbons (Fsp3) is 0.250. The monoisotopic (exact) mass is 226 g/mol. The molecule has 62 valence electrons. The highest BCUT2D eigenvalue weighted by Gasteiger charge is 2.07. The molecule has 0 atom stereocenters. The Hall–Kier alpha value is -1.08. The van der Waals surface area contributed by atoms with Gasteiger partial charge in [0.2, 0.25) is 0 Å². The minimum atomic E-state index is 0.487. The summed E-state index contributed by atoms with van der Waals surface area (Å²) < 4.78 is 5.68. The second-order valence-corrected chi connectivity index (χ2v) is 3.03. The molecule has 1 rings (SSSR count). The largest absolute Gasteiger partial charge is 0.495 e. The first kappa shape index (κ1) is 9.01. The SMILES string of the molecule is COc1cc(Br)nc(C)c1C#N. The van der Waals surface area contributed by atoms with Gasteiger partial charge in [0.25, 0.3) is 0 Å². The number of aromatic nitrogens is 1. The molecule has 0 radical (unpaired) electrons. The molecule has 0 aliphatic heterocycles. The van der Waals surface area contributed by atoms with Crippen LogP contribution in [0.25, 0.3) is 0 Å². The maximum Gasteiger partial charge on any atom is 0.141 e. The quantitative estimate of drug-likeness (QED) is 0.689. The second kappa shape index (κ2) is 3.55. The van der Waals surface area contributed by atoms with Crippen LogP contribution in [0.1, 0.15) is 11.3 Å². The van der Waals surface area contributed by atoms with Crippen LogP contribution in [0, 0.1) is 18.3 Å². The number of hydrogen-bond donors (Lipinski definition) is 0. The van der Waals surface area contributed by atoms with E-state index in [1.54, 1.807) is 13.0 Å². The van der Waals surface area contributed by atoms with Crippen molar-refractivity contribution in [1.82, 2.24) is 4.98 Å². The molecule has 4 heteroatoms. The van der Waals surface area contributed by atoms with Gasteiger partial charge in [-0.1, -0.05) is 0 Å². The molecule has 12 heavy (non-hydrogen) atoms. The summed E-state index contributed by atoms with van der Waals surface area (Å²) in [5.74, 6) is 0.553. The van der Waals surface area contributed by atoms with E-state index >= 15 is 0 Å². The van der Waals surface area contributed by atoms with Gasteiger partial charge in [-0.15, -0.1) is 0 Å². The molecule has 0 aromatic carbocycles. The summed E-state index contributed by atoms with van der Waals surface area (Å²) in [5.41, 5.74) is 1.16. The molecular weight excluding hydrogens is 220 g/mol. The van der Waals surface area contributed by atoms with E-state index in [4.69, 9.17) is 10.00 Å². The Morgan fingerprint density at radius 1 is 1.67 bits per heavy atom. The standard InChI is InChI=1S/C8H7BrN2O/c1-5-6(4-10)7(12-2)3-8(9)11-5/h3H,1-2H3. The Labute approximate surface area is 79.1 Å². The van der Waals surface area contributed by atoms with Crippen LogP contribution in [0.2, 0.25) is 0 Å². The van der Waals surface area contributed by atoms with Crippen molar-refractivity contribution >= 4 is 15.9 Å². The minimum absolute atomic E-state index is 0.487. The molecule has 1 heterocycles. The fourth-order valence-electron chi connectivity index (χ4n) is 0.904. The molecule has 0 saturated carbocycles. The second-order valence-electron chi connectivity index (χ2n) is 2.22. The van der Waals surface area contributed by atoms with Crippen LogP contribution in [0.4, 0.5) is 0 Å². The van der Waals surface area contributed by atoms with E-state index in [1.165, 1.54) is 7.11 Å².